The van der Waals surface area contributed by atoms with Crippen molar-refractivity contribution in [3.05, 3.63) is 35.9 Å². The second-order valence-corrected chi connectivity index (χ2v) is 7.06. The van der Waals surface area contributed by atoms with Gasteiger partial charge in [-0.05, 0) is 23.9 Å². The average Bonchev–Trinajstić information content (AvgIpc) is 2.47. The van der Waals surface area contributed by atoms with Gasteiger partial charge in [0, 0.05) is 31.6 Å². The van der Waals surface area contributed by atoms with E-state index in [1.54, 1.807) is 0 Å². The molecule has 1 aromatic carbocycles. The molecule has 0 radical (unpaired) electrons. The molecule has 0 aliphatic carbocycles. The normalized spacial score (nSPS) is 23.7. The number of unbranched alkanes of at least 4 members (excludes halogenated alkanes) is 1. The zero-order valence-electron chi connectivity index (χ0n) is 13.6. The summed E-state index contributed by atoms with van der Waals surface area (Å²) in [6.07, 6.45) is 7.35. The Morgan fingerprint density at radius 1 is 1.29 bits per heavy atom. The van der Waals surface area contributed by atoms with Crippen molar-refractivity contribution in [3.63, 3.8) is 0 Å². The van der Waals surface area contributed by atoms with Crippen molar-refractivity contribution in [2.45, 2.75) is 45.7 Å². The number of nitrogens with one attached hydrogen (secondary N) is 1. The van der Waals surface area contributed by atoms with Gasteiger partial charge in [0.2, 0.25) is 0 Å². The summed E-state index contributed by atoms with van der Waals surface area (Å²) in [7, 11) is 0. The summed E-state index contributed by atoms with van der Waals surface area (Å²) in [5.74, 6) is 2.76. The van der Waals surface area contributed by atoms with E-state index >= 15 is 0 Å². The Hall–Kier alpha value is -1.30. The largest absolute Gasteiger partial charge is 0.310 e. The Kier molecular flexibility index (Phi) is 5.45. The van der Waals surface area contributed by atoms with Crippen LogP contribution in [0.2, 0.25) is 0 Å². The third-order valence-corrected chi connectivity index (χ3v) is 4.41. The Bertz CT molecular complexity index is 467. The molecular formula is C19H28N2. The van der Waals surface area contributed by atoms with Gasteiger partial charge >= 0.3 is 0 Å². The van der Waals surface area contributed by atoms with Crippen LogP contribution in [0.15, 0.2) is 30.3 Å². The van der Waals surface area contributed by atoms with Crippen molar-refractivity contribution in [1.82, 2.24) is 10.2 Å². The summed E-state index contributed by atoms with van der Waals surface area (Å²) in [5, 5.41) is 3.75. The van der Waals surface area contributed by atoms with E-state index in [4.69, 9.17) is 6.42 Å². The molecule has 0 saturated carbocycles. The van der Waals surface area contributed by atoms with Gasteiger partial charge < -0.3 is 5.32 Å². The maximum absolute atomic E-state index is 5.41. The summed E-state index contributed by atoms with van der Waals surface area (Å²) in [5.41, 5.74) is 1.68. The maximum Gasteiger partial charge on any atom is 0.0473 e. The highest BCUT2D eigenvalue weighted by Gasteiger charge is 2.34. The number of nitrogens with zero attached hydrogens (tertiary/aromatic N) is 1. The van der Waals surface area contributed by atoms with Gasteiger partial charge in [0.1, 0.15) is 0 Å². The van der Waals surface area contributed by atoms with E-state index in [1.807, 2.05) is 0 Å². The molecule has 0 bridgehead atoms. The highest BCUT2D eigenvalue weighted by Crippen LogP contribution is 2.29. The van der Waals surface area contributed by atoms with E-state index in [-0.39, 0.29) is 5.41 Å². The van der Waals surface area contributed by atoms with Crippen LogP contribution in [-0.2, 0) is 0 Å². The van der Waals surface area contributed by atoms with Gasteiger partial charge in [-0.3, -0.25) is 4.90 Å². The topological polar surface area (TPSA) is 15.3 Å². The molecule has 1 fully saturated rings. The maximum atomic E-state index is 5.41. The molecule has 2 nitrogen and oxygen atoms in total. The van der Waals surface area contributed by atoms with Crippen molar-refractivity contribution in [2.24, 2.45) is 5.41 Å². The van der Waals surface area contributed by atoms with E-state index in [1.165, 1.54) is 5.56 Å². The molecule has 1 aromatic rings. The lowest BCUT2D eigenvalue weighted by Gasteiger charge is -2.45. The number of terminal acetylenes is 1. The number of benzene rings is 1. The van der Waals surface area contributed by atoms with Gasteiger partial charge in [-0.2, -0.15) is 0 Å². The molecule has 2 atom stereocenters. The van der Waals surface area contributed by atoms with Crippen molar-refractivity contribution < 1.29 is 0 Å². The van der Waals surface area contributed by atoms with E-state index in [2.05, 4.69) is 67.2 Å². The minimum atomic E-state index is 0.284. The van der Waals surface area contributed by atoms with Crippen LogP contribution in [0.5, 0.6) is 0 Å². The Morgan fingerprint density at radius 3 is 2.62 bits per heavy atom. The molecule has 1 N–H and O–H groups in total. The van der Waals surface area contributed by atoms with Gasteiger partial charge in [-0.25, -0.2) is 0 Å². The standard InChI is InChI=1S/C19H28N2/c1-5-6-10-13-21-15-18(19(2,3)4)20-14-17(21)16-11-8-7-9-12-16/h1,7-9,11-12,17-18,20H,6,10,13-15H2,2-4H3. The summed E-state index contributed by atoms with van der Waals surface area (Å²) in [4.78, 5) is 2.61. The highest BCUT2D eigenvalue weighted by atomic mass is 15.2. The first-order valence-corrected chi connectivity index (χ1v) is 7.98. The molecule has 114 valence electrons. The minimum absolute atomic E-state index is 0.284. The van der Waals surface area contributed by atoms with E-state index in [0.29, 0.717) is 12.1 Å². The summed E-state index contributed by atoms with van der Waals surface area (Å²) in [6, 6.07) is 11.8. The predicted molar refractivity (Wildman–Crippen MR) is 90.1 cm³/mol. The molecule has 1 aliphatic rings. The molecule has 1 aliphatic heterocycles. The molecule has 2 unspecified atom stereocenters. The first-order valence-electron chi connectivity index (χ1n) is 7.98. The van der Waals surface area contributed by atoms with E-state index in [9.17, 15) is 0 Å². The fourth-order valence-electron chi connectivity index (χ4n) is 3.02. The van der Waals surface area contributed by atoms with Crippen molar-refractivity contribution in [3.8, 4) is 12.3 Å². The quantitative estimate of drug-likeness (QED) is 0.673. The SMILES string of the molecule is C#CCCCN1CC(C(C)(C)C)NCC1c1ccccc1. The van der Waals surface area contributed by atoms with Crippen LogP contribution in [0, 0.1) is 17.8 Å². The van der Waals surface area contributed by atoms with Crippen molar-refractivity contribution in [2.75, 3.05) is 19.6 Å². The number of hydrogen-bond acceptors (Lipinski definition) is 2. The van der Waals surface area contributed by atoms with Crippen LogP contribution < -0.4 is 5.32 Å². The van der Waals surface area contributed by atoms with Gasteiger partial charge in [0.15, 0.2) is 0 Å². The minimum Gasteiger partial charge on any atom is -0.310 e. The van der Waals surface area contributed by atoms with Crippen LogP contribution in [-0.4, -0.2) is 30.6 Å². The van der Waals surface area contributed by atoms with Gasteiger partial charge in [0.05, 0.1) is 0 Å². The van der Waals surface area contributed by atoms with E-state index < -0.39 is 0 Å². The number of piperazine rings is 1. The summed E-state index contributed by atoms with van der Waals surface area (Å²) in [6.45, 7) is 10.1. The Balaban J connectivity index is 2.10. The van der Waals surface area contributed by atoms with Gasteiger partial charge in [-0.1, -0.05) is 51.1 Å². The molecule has 21 heavy (non-hydrogen) atoms. The molecular weight excluding hydrogens is 256 g/mol. The highest BCUT2D eigenvalue weighted by molar-refractivity contribution is 5.20. The molecule has 0 spiro atoms. The fourth-order valence-corrected chi connectivity index (χ4v) is 3.02. The van der Waals surface area contributed by atoms with Crippen LogP contribution in [0.3, 0.4) is 0 Å². The lowest BCUT2D eigenvalue weighted by atomic mass is 9.84. The summed E-state index contributed by atoms with van der Waals surface area (Å²) >= 11 is 0. The van der Waals surface area contributed by atoms with Crippen LogP contribution in [0.1, 0.15) is 45.2 Å². The smallest absolute Gasteiger partial charge is 0.0473 e. The zero-order valence-corrected chi connectivity index (χ0v) is 13.6. The van der Waals surface area contributed by atoms with Crippen LogP contribution >= 0.6 is 0 Å². The first kappa shape index (κ1) is 16.1. The Morgan fingerprint density at radius 2 is 2.00 bits per heavy atom. The average molecular weight is 284 g/mol. The molecule has 0 aromatic heterocycles. The van der Waals surface area contributed by atoms with Gasteiger partial charge in [0.25, 0.3) is 0 Å². The molecule has 2 rings (SSSR count). The van der Waals surface area contributed by atoms with Gasteiger partial charge in [-0.15, -0.1) is 12.3 Å². The molecule has 1 saturated heterocycles. The zero-order chi connectivity index (χ0) is 15.3. The number of hydrogen-bond donors (Lipinski definition) is 1. The van der Waals surface area contributed by atoms with E-state index in [0.717, 1.165) is 32.5 Å². The molecule has 0 amide bonds. The summed E-state index contributed by atoms with van der Waals surface area (Å²) < 4.78 is 0. The third kappa shape index (κ3) is 4.33. The first-order chi connectivity index (χ1) is 10.0. The van der Waals surface area contributed by atoms with Crippen molar-refractivity contribution in [1.29, 1.82) is 0 Å². The second-order valence-electron chi connectivity index (χ2n) is 7.06. The Labute approximate surface area is 129 Å². The van der Waals surface area contributed by atoms with Crippen LogP contribution in [0.4, 0.5) is 0 Å². The lowest BCUT2D eigenvalue weighted by Crippen LogP contribution is -2.57. The molecule has 1 heterocycles. The monoisotopic (exact) mass is 284 g/mol. The predicted octanol–water partition coefficient (Wildman–Crippen LogP) is 3.46. The molecule has 2 heteroatoms. The third-order valence-electron chi connectivity index (χ3n) is 4.41. The fraction of sp³-hybridized carbons (Fsp3) is 0.579. The van der Waals surface area contributed by atoms with Crippen molar-refractivity contribution >= 4 is 0 Å². The lowest BCUT2D eigenvalue weighted by molar-refractivity contribution is 0.0847. The second kappa shape index (κ2) is 7.11. The van der Waals surface area contributed by atoms with Crippen LogP contribution in [0.25, 0.3) is 0 Å². The number of rotatable bonds is 4.